The van der Waals surface area contributed by atoms with Crippen molar-refractivity contribution in [1.82, 2.24) is 0 Å². The van der Waals surface area contributed by atoms with Crippen LogP contribution in [0.4, 0.5) is 0 Å². The number of ether oxygens (including phenoxy) is 4. The van der Waals surface area contributed by atoms with Crippen LogP contribution in [0.3, 0.4) is 0 Å². The molecule has 0 radical (unpaired) electrons. The third kappa shape index (κ3) is 12.9. The molecule has 0 bridgehead atoms. The molecule has 120 valence electrons. The van der Waals surface area contributed by atoms with E-state index in [0.29, 0.717) is 31.0 Å². The number of carbonyl (C=O) groups excluding carboxylic acids is 2. The predicted molar refractivity (Wildman–Crippen MR) is 77.3 cm³/mol. The summed E-state index contributed by atoms with van der Waals surface area (Å²) in [7, 11) is 0. The highest BCUT2D eigenvalue weighted by Gasteiger charge is 2.06. The van der Waals surface area contributed by atoms with E-state index < -0.39 is 11.9 Å². The standard InChI is InChI=1S/C15H24O6/c1-12(2)15(17)20-10-7-14(16)19-9-6-5-8-18-11-21-13(3)4/h1,3,5-11H2,2,4H3. The summed E-state index contributed by atoms with van der Waals surface area (Å²) in [5.41, 5.74) is 0.305. The van der Waals surface area contributed by atoms with Gasteiger partial charge < -0.3 is 18.9 Å². The van der Waals surface area contributed by atoms with E-state index in [0.717, 1.165) is 6.42 Å². The van der Waals surface area contributed by atoms with Gasteiger partial charge in [-0.2, -0.15) is 0 Å². The summed E-state index contributed by atoms with van der Waals surface area (Å²) in [4.78, 5) is 22.4. The van der Waals surface area contributed by atoms with Gasteiger partial charge in [0.05, 0.1) is 25.4 Å². The van der Waals surface area contributed by atoms with Crippen molar-refractivity contribution in [1.29, 1.82) is 0 Å². The van der Waals surface area contributed by atoms with E-state index in [2.05, 4.69) is 13.2 Å². The first kappa shape index (κ1) is 19.2. The SMILES string of the molecule is C=C(C)OCOCCCCOC(=O)CCOC(=O)C(=C)C. The van der Waals surface area contributed by atoms with Gasteiger partial charge in [0, 0.05) is 5.57 Å². The minimum absolute atomic E-state index is 0.00583. The summed E-state index contributed by atoms with van der Waals surface area (Å²) in [5.74, 6) is -0.288. The van der Waals surface area contributed by atoms with Crippen LogP contribution in [-0.2, 0) is 28.5 Å². The van der Waals surface area contributed by atoms with Gasteiger partial charge in [0.15, 0.2) is 6.79 Å². The zero-order valence-electron chi connectivity index (χ0n) is 12.8. The van der Waals surface area contributed by atoms with Crippen LogP contribution in [0.15, 0.2) is 24.5 Å². The van der Waals surface area contributed by atoms with Crippen LogP contribution >= 0.6 is 0 Å². The molecule has 0 atom stereocenters. The molecule has 6 heteroatoms. The van der Waals surface area contributed by atoms with Crippen molar-refractivity contribution in [2.24, 2.45) is 0 Å². The maximum Gasteiger partial charge on any atom is 0.333 e. The summed E-state index contributed by atoms with van der Waals surface area (Å²) in [6, 6.07) is 0. The van der Waals surface area contributed by atoms with Crippen molar-refractivity contribution >= 4 is 11.9 Å². The predicted octanol–water partition coefficient (Wildman–Crippen LogP) is 2.34. The van der Waals surface area contributed by atoms with E-state index in [1.807, 2.05) is 0 Å². The lowest BCUT2D eigenvalue weighted by atomic mass is 10.3. The molecule has 21 heavy (non-hydrogen) atoms. The second kappa shape index (κ2) is 12.0. The van der Waals surface area contributed by atoms with Gasteiger partial charge in [-0.05, 0) is 26.7 Å². The summed E-state index contributed by atoms with van der Waals surface area (Å²) in [6.45, 7) is 11.3. The molecule has 0 spiro atoms. The van der Waals surface area contributed by atoms with E-state index in [-0.39, 0.29) is 19.8 Å². The molecule has 0 heterocycles. The molecule has 0 aromatic heterocycles. The van der Waals surface area contributed by atoms with Crippen molar-refractivity contribution in [2.75, 3.05) is 26.6 Å². The molecule has 0 rings (SSSR count). The van der Waals surface area contributed by atoms with Gasteiger partial charge >= 0.3 is 11.9 Å². The number of hydrogen-bond acceptors (Lipinski definition) is 6. The first-order valence-electron chi connectivity index (χ1n) is 6.77. The van der Waals surface area contributed by atoms with Crippen molar-refractivity contribution in [3.8, 4) is 0 Å². The molecule has 0 aromatic rings. The molecular formula is C15H24O6. The highest BCUT2D eigenvalue weighted by Crippen LogP contribution is 1.98. The number of allylic oxidation sites excluding steroid dienone is 1. The maximum absolute atomic E-state index is 11.3. The van der Waals surface area contributed by atoms with Crippen molar-refractivity contribution in [3.63, 3.8) is 0 Å². The largest absolute Gasteiger partial charge is 0.473 e. The van der Waals surface area contributed by atoms with Crippen LogP contribution in [0.5, 0.6) is 0 Å². The molecule has 0 aliphatic carbocycles. The summed E-state index contributed by atoms with van der Waals surface area (Å²) >= 11 is 0. The molecule has 0 fully saturated rings. The minimum Gasteiger partial charge on any atom is -0.473 e. The highest BCUT2D eigenvalue weighted by molar-refractivity contribution is 5.87. The smallest absolute Gasteiger partial charge is 0.333 e. The third-order valence-electron chi connectivity index (χ3n) is 2.22. The van der Waals surface area contributed by atoms with E-state index in [1.165, 1.54) is 0 Å². The Balaban J connectivity index is 3.36. The Bertz CT molecular complexity index is 361. The third-order valence-corrected chi connectivity index (χ3v) is 2.22. The lowest BCUT2D eigenvalue weighted by Gasteiger charge is -2.07. The molecule has 6 nitrogen and oxygen atoms in total. The van der Waals surface area contributed by atoms with Gasteiger partial charge in [-0.25, -0.2) is 4.79 Å². The van der Waals surface area contributed by atoms with Crippen LogP contribution in [0.2, 0.25) is 0 Å². The van der Waals surface area contributed by atoms with Crippen molar-refractivity contribution in [2.45, 2.75) is 33.1 Å². The van der Waals surface area contributed by atoms with Gasteiger partial charge in [-0.15, -0.1) is 0 Å². The number of hydrogen-bond donors (Lipinski definition) is 0. The highest BCUT2D eigenvalue weighted by atomic mass is 16.7. The quantitative estimate of drug-likeness (QED) is 0.181. The van der Waals surface area contributed by atoms with Gasteiger partial charge in [-0.1, -0.05) is 13.2 Å². The lowest BCUT2D eigenvalue weighted by Crippen LogP contribution is -2.13. The summed E-state index contributed by atoms with van der Waals surface area (Å²) in [5, 5.41) is 0. The molecule has 0 aliphatic rings. The molecule has 0 aliphatic heterocycles. The fourth-order valence-electron chi connectivity index (χ4n) is 1.12. The maximum atomic E-state index is 11.3. The van der Waals surface area contributed by atoms with Gasteiger partial charge in [0.1, 0.15) is 6.61 Å². The van der Waals surface area contributed by atoms with Gasteiger partial charge in [-0.3, -0.25) is 4.79 Å². The second-order valence-electron chi connectivity index (χ2n) is 4.47. The van der Waals surface area contributed by atoms with Crippen LogP contribution in [-0.4, -0.2) is 38.6 Å². The van der Waals surface area contributed by atoms with E-state index in [9.17, 15) is 9.59 Å². The Morgan fingerprint density at radius 2 is 1.57 bits per heavy atom. The van der Waals surface area contributed by atoms with Crippen LogP contribution in [0.1, 0.15) is 33.1 Å². The number of esters is 2. The monoisotopic (exact) mass is 300 g/mol. The van der Waals surface area contributed by atoms with E-state index >= 15 is 0 Å². The zero-order chi connectivity index (χ0) is 16.1. The van der Waals surface area contributed by atoms with E-state index in [1.54, 1.807) is 13.8 Å². The Kier molecular flexibility index (Phi) is 10.9. The fourth-order valence-corrected chi connectivity index (χ4v) is 1.12. The molecular weight excluding hydrogens is 276 g/mol. The zero-order valence-corrected chi connectivity index (χ0v) is 12.8. The lowest BCUT2D eigenvalue weighted by molar-refractivity contribution is -0.147. The van der Waals surface area contributed by atoms with Gasteiger partial charge in [0.2, 0.25) is 0 Å². The fraction of sp³-hybridized carbons (Fsp3) is 0.600. The minimum atomic E-state index is -0.503. The van der Waals surface area contributed by atoms with Crippen LogP contribution in [0, 0.1) is 0 Å². The number of carbonyl (C=O) groups is 2. The average molecular weight is 300 g/mol. The molecule has 0 N–H and O–H groups in total. The number of unbranched alkanes of at least 4 members (excludes halogenated alkanes) is 1. The Morgan fingerprint density at radius 1 is 0.905 bits per heavy atom. The first-order chi connectivity index (χ1) is 9.93. The Hall–Kier alpha value is -1.82. The molecule has 0 aromatic carbocycles. The second-order valence-corrected chi connectivity index (χ2v) is 4.47. The van der Waals surface area contributed by atoms with E-state index in [4.69, 9.17) is 18.9 Å². The van der Waals surface area contributed by atoms with Crippen molar-refractivity contribution < 1.29 is 28.5 Å². The molecule has 0 saturated carbocycles. The van der Waals surface area contributed by atoms with Crippen LogP contribution < -0.4 is 0 Å². The van der Waals surface area contributed by atoms with Gasteiger partial charge in [0.25, 0.3) is 0 Å². The average Bonchev–Trinajstić information content (AvgIpc) is 2.41. The number of rotatable bonds is 12. The molecule has 0 amide bonds. The first-order valence-corrected chi connectivity index (χ1v) is 6.77. The van der Waals surface area contributed by atoms with Crippen LogP contribution in [0.25, 0.3) is 0 Å². The topological polar surface area (TPSA) is 71.1 Å². The molecule has 0 saturated heterocycles. The summed E-state index contributed by atoms with van der Waals surface area (Å²) < 4.78 is 20.0. The Labute approximate surface area is 125 Å². The summed E-state index contributed by atoms with van der Waals surface area (Å²) in [6.07, 6.45) is 1.50. The Morgan fingerprint density at radius 3 is 2.19 bits per heavy atom. The molecule has 0 unspecified atom stereocenters. The normalized spacial score (nSPS) is 9.81. The van der Waals surface area contributed by atoms with Crippen molar-refractivity contribution in [3.05, 3.63) is 24.5 Å².